The van der Waals surface area contributed by atoms with Gasteiger partial charge < -0.3 is 11.5 Å². The first-order valence-corrected chi connectivity index (χ1v) is 8.20. The number of benzene rings is 1. The minimum absolute atomic E-state index is 0.166. The van der Waals surface area contributed by atoms with Crippen molar-refractivity contribution in [2.24, 2.45) is 0 Å². The van der Waals surface area contributed by atoms with Gasteiger partial charge >= 0.3 is 0 Å². The molecule has 0 aliphatic rings. The number of H-pyrrole nitrogens is 2. The molecule has 6 N–H and O–H groups in total. The van der Waals surface area contributed by atoms with Gasteiger partial charge in [0.05, 0.1) is 0 Å². The van der Waals surface area contributed by atoms with Crippen LogP contribution in [0.4, 0.5) is 11.9 Å². The van der Waals surface area contributed by atoms with Gasteiger partial charge in [-0.1, -0.05) is 36.9 Å². The number of anilines is 2. The van der Waals surface area contributed by atoms with E-state index in [2.05, 4.69) is 61.2 Å². The molecule has 130 valence electrons. The number of rotatable bonds is 8. The molecule has 1 aromatic carbocycles. The van der Waals surface area contributed by atoms with Gasteiger partial charge in [-0.2, -0.15) is 20.2 Å². The summed E-state index contributed by atoms with van der Waals surface area (Å²) in [6.45, 7) is 3.78. The highest BCUT2D eigenvalue weighted by Gasteiger charge is 2.17. The van der Waals surface area contributed by atoms with Crippen LogP contribution in [0.5, 0.6) is 0 Å². The second-order valence-corrected chi connectivity index (χ2v) is 5.95. The lowest BCUT2D eigenvalue weighted by Crippen LogP contribution is -2.07. The maximum absolute atomic E-state index is 5.69. The Balaban J connectivity index is 1.67. The molecule has 3 rings (SSSR count). The molecule has 8 heteroatoms. The fraction of sp³-hybridized carbons (Fsp3) is 0.294. The van der Waals surface area contributed by atoms with Gasteiger partial charge in [0.25, 0.3) is 0 Å². The first-order chi connectivity index (χ1) is 12.1. The maximum Gasteiger partial charge on any atom is 0.216 e. The van der Waals surface area contributed by atoms with E-state index >= 15 is 0 Å². The molecule has 0 fully saturated rings. The zero-order chi connectivity index (χ0) is 17.6. The molecular formula is C17H22N8. The highest BCUT2D eigenvalue weighted by atomic mass is 15.3. The van der Waals surface area contributed by atoms with E-state index < -0.39 is 0 Å². The van der Waals surface area contributed by atoms with Crippen LogP contribution in [0.3, 0.4) is 0 Å². The topological polar surface area (TPSA) is 135 Å². The molecular weight excluding hydrogens is 316 g/mol. The SMILES string of the molecule is C=Cc1ccc(CC(CCCc2n[nH]c(N)n2)c2n[nH]c(N)n2)cc1. The lowest BCUT2D eigenvalue weighted by Gasteiger charge is -2.13. The number of nitrogen functional groups attached to an aromatic ring is 2. The summed E-state index contributed by atoms with van der Waals surface area (Å²) in [4.78, 5) is 8.44. The average Bonchev–Trinajstić information content (AvgIpc) is 3.23. The molecule has 0 bridgehead atoms. The largest absolute Gasteiger partial charge is 0.368 e. The van der Waals surface area contributed by atoms with Crippen LogP contribution in [-0.4, -0.2) is 30.4 Å². The van der Waals surface area contributed by atoms with E-state index in [-0.39, 0.29) is 5.92 Å². The van der Waals surface area contributed by atoms with Crippen LogP contribution in [0, 0.1) is 0 Å². The lowest BCUT2D eigenvalue weighted by molar-refractivity contribution is 0.556. The molecule has 0 spiro atoms. The number of hydrogen-bond acceptors (Lipinski definition) is 6. The Labute approximate surface area is 145 Å². The molecule has 2 aromatic heterocycles. The maximum atomic E-state index is 5.69. The summed E-state index contributed by atoms with van der Waals surface area (Å²) in [7, 11) is 0. The predicted molar refractivity (Wildman–Crippen MR) is 97.5 cm³/mol. The van der Waals surface area contributed by atoms with E-state index in [1.807, 2.05) is 6.08 Å². The van der Waals surface area contributed by atoms with Crippen LogP contribution in [0.2, 0.25) is 0 Å². The number of nitrogens with zero attached hydrogens (tertiary/aromatic N) is 4. The van der Waals surface area contributed by atoms with Crippen LogP contribution in [0.25, 0.3) is 6.08 Å². The van der Waals surface area contributed by atoms with Crippen LogP contribution < -0.4 is 11.5 Å². The van der Waals surface area contributed by atoms with Crippen molar-refractivity contribution >= 4 is 18.0 Å². The molecule has 0 aliphatic heterocycles. The van der Waals surface area contributed by atoms with Gasteiger partial charge in [0.15, 0.2) is 11.6 Å². The van der Waals surface area contributed by atoms with Crippen molar-refractivity contribution in [3.8, 4) is 0 Å². The molecule has 0 radical (unpaired) electrons. The van der Waals surface area contributed by atoms with Gasteiger partial charge in [0.2, 0.25) is 11.9 Å². The minimum atomic E-state index is 0.166. The summed E-state index contributed by atoms with van der Waals surface area (Å²) in [5.74, 6) is 2.31. The standard InChI is InChI=1S/C17H22N8/c1-2-11-6-8-12(9-7-11)10-13(15-21-17(19)25-23-15)4-3-5-14-20-16(18)24-22-14/h2,6-9,13H,1,3-5,10H2,(H3,18,20,22,24)(H3,19,21,23,25). The summed E-state index contributed by atoms with van der Waals surface area (Å²) in [5, 5.41) is 13.7. The van der Waals surface area contributed by atoms with Gasteiger partial charge in [0.1, 0.15) is 0 Å². The summed E-state index contributed by atoms with van der Waals surface area (Å²) in [6.07, 6.45) is 5.22. The molecule has 8 nitrogen and oxygen atoms in total. The molecule has 0 saturated heterocycles. The molecule has 1 atom stereocenters. The third-order valence-corrected chi connectivity index (χ3v) is 4.08. The Hall–Kier alpha value is -3.16. The summed E-state index contributed by atoms with van der Waals surface area (Å²) >= 11 is 0. The summed E-state index contributed by atoms with van der Waals surface area (Å²) < 4.78 is 0. The average molecular weight is 338 g/mol. The molecule has 25 heavy (non-hydrogen) atoms. The van der Waals surface area contributed by atoms with Crippen LogP contribution in [-0.2, 0) is 12.8 Å². The van der Waals surface area contributed by atoms with E-state index in [0.717, 1.165) is 42.9 Å². The minimum Gasteiger partial charge on any atom is -0.368 e. The second kappa shape index (κ2) is 7.61. The van der Waals surface area contributed by atoms with Gasteiger partial charge in [-0.15, -0.1) is 0 Å². The number of hydrogen-bond donors (Lipinski definition) is 4. The van der Waals surface area contributed by atoms with E-state index in [0.29, 0.717) is 11.9 Å². The van der Waals surface area contributed by atoms with Crippen LogP contribution in [0.1, 0.15) is 41.5 Å². The van der Waals surface area contributed by atoms with Crippen LogP contribution in [0.15, 0.2) is 30.8 Å². The Morgan fingerprint density at radius 1 is 1.04 bits per heavy atom. The van der Waals surface area contributed by atoms with Crippen molar-refractivity contribution in [3.63, 3.8) is 0 Å². The number of aromatic amines is 2. The zero-order valence-electron chi connectivity index (χ0n) is 13.9. The van der Waals surface area contributed by atoms with Crippen LogP contribution >= 0.6 is 0 Å². The first-order valence-electron chi connectivity index (χ1n) is 8.20. The van der Waals surface area contributed by atoms with Crippen molar-refractivity contribution in [2.45, 2.75) is 31.6 Å². The fourth-order valence-electron chi connectivity index (χ4n) is 2.80. The number of aryl methyl sites for hydroxylation is 1. The van der Waals surface area contributed by atoms with Gasteiger partial charge in [-0.3, -0.25) is 0 Å². The zero-order valence-corrected chi connectivity index (χ0v) is 13.9. The summed E-state index contributed by atoms with van der Waals surface area (Å²) in [5.41, 5.74) is 13.6. The molecule has 0 saturated carbocycles. The molecule has 3 aromatic rings. The lowest BCUT2D eigenvalue weighted by atomic mass is 9.93. The number of nitrogens with two attached hydrogens (primary N) is 2. The van der Waals surface area contributed by atoms with Crippen molar-refractivity contribution in [3.05, 3.63) is 53.6 Å². The first kappa shape index (κ1) is 16.7. The number of nitrogens with one attached hydrogen (secondary N) is 2. The predicted octanol–water partition coefficient (Wildman–Crippen LogP) is 2.08. The van der Waals surface area contributed by atoms with Crippen molar-refractivity contribution in [2.75, 3.05) is 11.5 Å². The summed E-state index contributed by atoms with van der Waals surface area (Å²) in [6, 6.07) is 8.33. The molecule has 2 heterocycles. The Morgan fingerprint density at radius 2 is 1.76 bits per heavy atom. The highest BCUT2D eigenvalue weighted by Crippen LogP contribution is 2.24. The Morgan fingerprint density at radius 3 is 2.36 bits per heavy atom. The quantitative estimate of drug-likeness (QED) is 0.496. The van der Waals surface area contributed by atoms with E-state index in [1.165, 1.54) is 5.56 Å². The van der Waals surface area contributed by atoms with E-state index in [1.54, 1.807) is 0 Å². The van der Waals surface area contributed by atoms with Crippen molar-refractivity contribution < 1.29 is 0 Å². The smallest absolute Gasteiger partial charge is 0.216 e. The van der Waals surface area contributed by atoms with E-state index in [4.69, 9.17) is 11.5 Å². The molecule has 1 unspecified atom stereocenters. The van der Waals surface area contributed by atoms with Gasteiger partial charge in [-0.05, 0) is 30.4 Å². The third kappa shape index (κ3) is 4.43. The van der Waals surface area contributed by atoms with E-state index in [9.17, 15) is 0 Å². The number of aromatic nitrogens is 6. The monoisotopic (exact) mass is 338 g/mol. The normalized spacial score (nSPS) is 12.2. The van der Waals surface area contributed by atoms with Gasteiger partial charge in [0, 0.05) is 12.3 Å². The fourth-order valence-corrected chi connectivity index (χ4v) is 2.80. The van der Waals surface area contributed by atoms with Crippen molar-refractivity contribution in [1.29, 1.82) is 0 Å². The molecule has 0 aliphatic carbocycles. The van der Waals surface area contributed by atoms with Crippen molar-refractivity contribution in [1.82, 2.24) is 30.4 Å². The molecule has 0 amide bonds. The second-order valence-electron chi connectivity index (χ2n) is 5.95. The third-order valence-electron chi connectivity index (χ3n) is 4.08. The van der Waals surface area contributed by atoms with Gasteiger partial charge in [-0.25, -0.2) is 10.2 Å². The highest BCUT2D eigenvalue weighted by molar-refractivity contribution is 5.47. The Bertz CT molecular complexity index is 817. The Kier molecular flexibility index (Phi) is 5.08.